The third-order valence-corrected chi connectivity index (χ3v) is 1.68. The van der Waals surface area contributed by atoms with Crippen LogP contribution in [0.25, 0.3) is 0 Å². The van der Waals surface area contributed by atoms with E-state index < -0.39 is 17.5 Å². The molecule has 0 atom stereocenters. The summed E-state index contributed by atoms with van der Waals surface area (Å²) in [5.74, 6) is -2.22. The second-order valence-electron chi connectivity index (χ2n) is 3.08. The van der Waals surface area contributed by atoms with E-state index in [1.807, 2.05) is 0 Å². The molecule has 0 saturated heterocycles. The topological polar surface area (TPSA) is 89.3 Å². The largest absolute Gasteiger partial charge is 0.370 e. The van der Waals surface area contributed by atoms with Crippen LogP contribution in [-0.2, 0) is 9.59 Å². The molecule has 0 fully saturated rings. The number of primary amides is 1. The average molecular weight is 224 g/mol. The van der Waals surface area contributed by atoms with Gasteiger partial charge in [0, 0.05) is 6.92 Å². The van der Waals surface area contributed by atoms with Crippen molar-refractivity contribution >= 4 is 23.3 Å². The average Bonchev–Trinajstić information content (AvgIpc) is 2.43. The lowest BCUT2D eigenvalue weighted by atomic mass is 10.1. The van der Waals surface area contributed by atoms with E-state index in [-0.39, 0.29) is 11.5 Å². The van der Waals surface area contributed by atoms with Gasteiger partial charge in [0.25, 0.3) is 11.7 Å². The molecule has 2 amide bonds. The van der Waals surface area contributed by atoms with Gasteiger partial charge in [-0.2, -0.15) is 0 Å². The minimum Gasteiger partial charge on any atom is -0.370 e. The lowest BCUT2D eigenvalue weighted by Gasteiger charge is -1.94. The Morgan fingerprint density at radius 3 is 2.50 bits per heavy atom. The number of hydrogen-bond acceptors (Lipinski definition) is 3. The van der Waals surface area contributed by atoms with Crippen molar-refractivity contribution in [1.82, 2.24) is 0 Å². The normalized spacial score (nSPS) is 12.4. The van der Waals surface area contributed by atoms with Crippen LogP contribution in [0.4, 0.5) is 10.1 Å². The molecular weight excluding hydrogens is 215 g/mol. The van der Waals surface area contributed by atoms with Crippen LogP contribution in [-0.4, -0.2) is 17.6 Å². The highest BCUT2D eigenvalue weighted by Gasteiger charge is 2.27. The summed E-state index contributed by atoms with van der Waals surface area (Å²) >= 11 is 0. The molecule has 1 aliphatic heterocycles. The van der Waals surface area contributed by atoms with Crippen LogP contribution in [0.5, 0.6) is 0 Å². The molecule has 5 nitrogen and oxygen atoms in total. The third-order valence-electron chi connectivity index (χ3n) is 1.68. The van der Waals surface area contributed by atoms with Crippen molar-refractivity contribution in [2.45, 2.75) is 6.92 Å². The van der Waals surface area contributed by atoms with Crippen molar-refractivity contribution in [3.05, 3.63) is 29.6 Å². The summed E-state index contributed by atoms with van der Waals surface area (Å²) in [7, 11) is 0. The first-order valence-electron chi connectivity index (χ1n) is 4.33. The van der Waals surface area contributed by atoms with Crippen LogP contribution in [0.15, 0.2) is 18.2 Å². The number of hydrogen-bond donors (Lipinski definition) is 2. The van der Waals surface area contributed by atoms with E-state index in [1.54, 1.807) is 0 Å². The second kappa shape index (κ2) is 4.52. The molecule has 16 heavy (non-hydrogen) atoms. The monoisotopic (exact) mass is 224 g/mol. The fourth-order valence-electron chi connectivity index (χ4n) is 1.11. The molecule has 2 rings (SSSR count). The van der Waals surface area contributed by atoms with Gasteiger partial charge in [0.2, 0.25) is 5.91 Å². The SMILES string of the molecule is CC(N)=O.O=C1Nc2ccc(F)cc2C1=O. The van der Waals surface area contributed by atoms with Crippen LogP contribution in [0, 0.1) is 5.82 Å². The molecule has 1 aromatic carbocycles. The number of anilines is 1. The van der Waals surface area contributed by atoms with Crippen molar-refractivity contribution in [3.8, 4) is 0 Å². The Morgan fingerprint density at radius 1 is 1.38 bits per heavy atom. The van der Waals surface area contributed by atoms with Gasteiger partial charge in [-0.1, -0.05) is 0 Å². The predicted molar refractivity (Wildman–Crippen MR) is 54.2 cm³/mol. The summed E-state index contributed by atoms with van der Waals surface area (Å²) in [6, 6.07) is 3.61. The van der Waals surface area contributed by atoms with Crippen LogP contribution < -0.4 is 11.1 Å². The van der Waals surface area contributed by atoms with Gasteiger partial charge in [0.05, 0.1) is 11.3 Å². The summed E-state index contributed by atoms with van der Waals surface area (Å²) in [5, 5.41) is 2.32. The number of ketones is 1. The fraction of sp³-hybridized carbons (Fsp3) is 0.100. The fourth-order valence-corrected chi connectivity index (χ4v) is 1.11. The van der Waals surface area contributed by atoms with Gasteiger partial charge >= 0.3 is 0 Å². The van der Waals surface area contributed by atoms with E-state index in [9.17, 15) is 18.8 Å². The first-order valence-corrected chi connectivity index (χ1v) is 4.33. The number of nitrogens with two attached hydrogens (primary N) is 1. The lowest BCUT2D eigenvalue weighted by Crippen LogP contribution is -2.12. The first kappa shape index (κ1) is 11.8. The van der Waals surface area contributed by atoms with Crippen molar-refractivity contribution in [2.24, 2.45) is 5.73 Å². The number of Topliss-reactive ketones (excluding diaryl/α,β-unsaturated/α-hetero) is 1. The third kappa shape index (κ3) is 2.63. The smallest absolute Gasteiger partial charge is 0.296 e. The highest BCUT2D eigenvalue weighted by molar-refractivity contribution is 6.51. The van der Waals surface area contributed by atoms with Gasteiger partial charge in [-0.05, 0) is 18.2 Å². The van der Waals surface area contributed by atoms with Gasteiger partial charge < -0.3 is 11.1 Å². The number of fused-ring (bicyclic) bond motifs is 1. The number of carbonyl (C=O) groups excluding carboxylic acids is 3. The Hall–Kier alpha value is -2.24. The van der Waals surface area contributed by atoms with Gasteiger partial charge in [-0.25, -0.2) is 4.39 Å². The lowest BCUT2D eigenvalue weighted by molar-refractivity contribution is -0.116. The van der Waals surface area contributed by atoms with Crippen molar-refractivity contribution in [1.29, 1.82) is 0 Å². The summed E-state index contributed by atoms with van der Waals surface area (Å²) in [6.45, 7) is 1.31. The molecule has 0 saturated carbocycles. The molecule has 84 valence electrons. The minimum atomic E-state index is -0.699. The first-order chi connectivity index (χ1) is 7.41. The number of rotatable bonds is 0. The molecule has 1 aliphatic rings. The van der Waals surface area contributed by atoms with Gasteiger partial charge in [0.1, 0.15) is 5.82 Å². The van der Waals surface area contributed by atoms with Crippen LogP contribution in [0.3, 0.4) is 0 Å². The van der Waals surface area contributed by atoms with Crippen molar-refractivity contribution in [3.63, 3.8) is 0 Å². The second-order valence-corrected chi connectivity index (χ2v) is 3.08. The maximum absolute atomic E-state index is 12.6. The van der Waals surface area contributed by atoms with Gasteiger partial charge in [-0.15, -0.1) is 0 Å². The Morgan fingerprint density at radius 2 is 1.94 bits per heavy atom. The predicted octanol–water partition coefficient (Wildman–Crippen LogP) is 0.452. The Bertz CT molecular complexity index is 467. The maximum atomic E-state index is 12.6. The van der Waals surface area contributed by atoms with E-state index in [4.69, 9.17) is 0 Å². The molecule has 0 aromatic heterocycles. The summed E-state index contributed by atoms with van der Waals surface area (Å²) in [5.41, 5.74) is 4.96. The summed E-state index contributed by atoms with van der Waals surface area (Å²) in [4.78, 5) is 31.0. The quantitative estimate of drug-likeness (QED) is 0.627. The number of halogens is 1. The zero-order valence-electron chi connectivity index (χ0n) is 8.41. The molecule has 3 N–H and O–H groups in total. The summed E-state index contributed by atoms with van der Waals surface area (Å²) in [6.07, 6.45) is 0. The van der Waals surface area contributed by atoms with Gasteiger partial charge in [-0.3, -0.25) is 14.4 Å². The molecule has 6 heteroatoms. The molecule has 1 aromatic rings. The molecule has 1 heterocycles. The van der Waals surface area contributed by atoms with Crippen LogP contribution in [0.2, 0.25) is 0 Å². The maximum Gasteiger partial charge on any atom is 0.296 e. The van der Waals surface area contributed by atoms with E-state index in [1.165, 1.54) is 19.1 Å². The molecule has 0 spiro atoms. The minimum absolute atomic E-state index is 0.111. The number of nitrogens with one attached hydrogen (secondary N) is 1. The molecule has 0 unspecified atom stereocenters. The molecular formula is C10H9FN2O3. The Labute approximate surface area is 90.4 Å². The molecule has 0 bridgehead atoms. The van der Waals surface area contributed by atoms with Crippen LogP contribution >= 0.6 is 0 Å². The highest BCUT2D eigenvalue weighted by Crippen LogP contribution is 2.22. The molecule has 0 radical (unpaired) electrons. The van der Waals surface area contributed by atoms with E-state index in [0.717, 1.165) is 6.07 Å². The zero-order chi connectivity index (χ0) is 12.3. The van der Waals surface area contributed by atoms with Crippen LogP contribution in [0.1, 0.15) is 17.3 Å². The number of benzene rings is 1. The zero-order valence-corrected chi connectivity index (χ0v) is 8.41. The highest BCUT2D eigenvalue weighted by atomic mass is 19.1. The van der Waals surface area contributed by atoms with Gasteiger partial charge in [0.15, 0.2) is 0 Å². The van der Waals surface area contributed by atoms with E-state index in [2.05, 4.69) is 11.1 Å². The van der Waals surface area contributed by atoms with Crippen molar-refractivity contribution < 1.29 is 18.8 Å². The van der Waals surface area contributed by atoms with E-state index >= 15 is 0 Å². The summed E-state index contributed by atoms with van der Waals surface area (Å²) < 4.78 is 12.6. The standard InChI is InChI=1S/C8H4FNO2.C2H5NO/c9-4-1-2-6-5(3-4)7(11)8(12)10-6;1-2(3)4/h1-3H,(H,10,11,12);1H3,(H2,3,4). The molecule has 0 aliphatic carbocycles. The Kier molecular flexibility index (Phi) is 3.34. The van der Waals surface area contributed by atoms with E-state index in [0.29, 0.717) is 5.69 Å². The Balaban J connectivity index is 0.000000280. The number of amides is 2. The van der Waals surface area contributed by atoms with Crippen molar-refractivity contribution in [2.75, 3.05) is 5.32 Å². The number of carbonyl (C=O) groups is 3.